The summed E-state index contributed by atoms with van der Waals surface area (Å²) in [5, 5.41) is 0. The maximum atomic E-state index is 12.3. The fraction of sp³-hybridized carbons (Fsp3) is 0.870. The summed E-state index contributed by atoms with van der Waals surface area (Å²) >= 11 is 2.31. The van der Waals surface area contributed by atoms with Crippen molar-refractivity contribution in [2.24, 2.45) is 17.8 Å². The van der Waals surface area contributed by atoms with E-state index in [4.69, 9.17) is 4.74 Å². The van der Waals surface area contributed by atoms with Crippen molar-refractivity contribution >= 4 is 17.7 Å². The maximum absolute atomic E-state index is 12.3. The van der Waals surface area contributed by atoms with Crippen LogP contribution < -0.4 is 0 Å². The molecule has 6 aliphatic rings. The predicted molar refractivity (Wildman–Crippen MR) is 109 cm³/mol. The number of nitrogens with zero attached hydrogens (tertiary/aromatic N) is 1. The summed E-state index contributed by atoms with van der Waals surface area (Å²) in [5.74, 6) is 2.55. The van der Waals surface area contributed by atoms with Crippen molar-refractivity contribution in [3.05, 3.63) is 11.6 Å². The third-order valence-electron chi connectivity index (χ3n) is 8.71. The first-order chi connectivity index (χ1) is 12.9. The predicted octanol–water partition coefficient (Wildman–Crippen LogP) is 4.56. The van der Waals surface area contributed by atoms with Crippen molar-refractivity contribution in [1.29, 1.82) is 0 Å². The van der Waals surface area contributed by atoms with Crippen LogP contribution in [-0.4, -0.2) is 45.1 Å². The number of hydrogen-bond acceptors (Lipinski definition) is 4. The Hall–Kier alpha value is -0.480. The number of thioether (sulfide) groups is 1. The molecule has 0 aromatic carbocycles. The molecule has 3 nitrogen and oxygen atoms in total. The topological polar surface area (TPSA) is 29.5 Å². The second-order valence-electron chi connectivity index (χ2n) is 10.9. The Bertz CT molecular complexity index is 700. The van der Waals surface area contributed by atoms with Crippen molar-refractivity contribution in [1.82, 2.24) is 4.90 Å². The number of rotatable bonds is 2. The fourth-order valence-corrected chi connectivity index (χ4v) is 11.2. The van der Waals surface area contributed by atoms with E-state index in [-0.39, 0.29) is 16.3 Å². The van der Waals surface area contributed by atoms with Crippen LogP contribution in [0.1, 0.15) is 71.6 Å². The van der Waals surface area contributed by atoms with Crippen LogP contribution in [0.3, 0.4) is 0 Å². The number of fused-ring (bicyclic) bond motifs is 3. The van der Waals surface area contributed by atoms with Gasteiger partial charge >= 0.3 is 5.97 Å². The van der Waals surface area contributed by atoms with E-state index in [1.165, 1.54) is 63.5 Å². The molecule has 27 heavy (non-hydrogen) atoms. The molecule has 3 heterocycles. The second kappa shape index (κ2) is 5.56. The summed E-state index contributed by atoms with van der Waals surface area (Å²) in [6.07, 6.45) is 13.7. The third-order valence-corrected chi connectivity index (χ3v) is 10.6. The molecular weight excluding hydrogens is 354 g/mol. The van der Waals surface area contributed by atoms with E-state index in [1.807, 2.05) is 6.08 Å². The largest absolute Gasteiger partial charge is 0.448 e. The Balaban J connectivity index is 1.38. The molecule has 5 fully saturated rings. The van der Waals surface area contributed by atoms with Crippen LogP contribution in [0.25, 0.3) is 0 Å². The molecule has 4 unspecified atom stereocenters. The number of hydrogen-bond donors (Lipinski definition) is 0. The molecule has 0 amide bonds. The minimum absolute atomic E-state index is 0.0655. The monoisotopic (exact) mass is 387 g/mol. The summed E-state index contributed by atoms with van der Waals surface area (Å²) in [6.45, 7) is 7.29. The Morgan fingerprint density at radius 2 is 1.93 bits per heavy atom. The SMILES string of the molecule is CC1CC2CC(C)CC(SC34CC5=CC(=O)O[C@]53C3CCCCN3C4)(C1)C2. The van der Waals surface area contributed by atoms with Gasteiger partial charge in [-0.1, -0.05) is 20.3 Å². The van der Waals surface area contributed by atoms with Gasteiger partial charge in [0, 0.05) is 17.4 Å². The first-order valence-corrected chi connectivity index (χ1v) is 12.1. The molecular formula is C23H33NO2S. The van der Waals surface area contributed by atoms with Gasteiger partial charge in [0.15, 0.2) is 5.60 Å². The van der Waals surface area contributed by atoms with Crippen molar-refractivity contribution in [2.75, 3.05) is 13.1 Å². The highest BCUT2D eigenvalue weighted by Crippen LogP contribution is 2.71. The van der Waals surface area contributed by atoms with Gasteiger partial charge in [0.1, 0.15) is 0 Å². The van der Waals surface area contributed by atoms with E-state index in [2.05, 4.69) is 30.5 Å². The molecule has 0 N–H and O–H groups in total. The van der Waals surface area contributed by atoms with Crippen molar-refractivity contribution in [3.8, 4) is 0 Å². The zero-order valence-electron chi connectivity index (χ0n) is 16.8. The molecule has 3 saturated carbocycles. The minimum atomic E-state index is -0.277. The molecule has 0 aromatic heterocycles. The highest BCUT2D eigenvalue weighted by Gasteiger charge is 2.77. The number of piperidine rings is 1. The maximum Gasteiger partial charge on any atom is 0.331 e. The summed E-state index contributed by atoms with van der Waals surface area (Å²) in [5.41, 5.74) is 1.05. The highest BCUT2D eigenvalue weighted by atomic mass is 32.2. The molecule has 4 heteroatoms. The first-order valence-electron chi connectivity index (χ1n) is 11.3. The average molecular weight is 388 g/mol. The van der Waals surface area contributed by atoms with Crippen molar-refractivity contribution in [3.63, 3.8) is 0 Å². The number of ether oxygens (including phenoxy) is 1. The molecule has 3 aliphatic carbocycles. The van der Waals surface area contributed by atoms with E-state index < -0.39 is 0 Å². The van der Waals surface area contributed by atoms with Gasteiger partial charge in [0.05, 0.1) is 10.8 Å². The van der Waals surface area contributed by atoms with Crippen LogP contribution in [-0.2, 0) is 9.53 Å². The molecule has 1 spiro atoms. The van der Waals surface area contributed by atoms with Crippen LogP contribution >= 0.6 is 11.8 Å². The highest BCUT2D eigenvalue weighted by molar-refractivity contribution is 8.02. The molecule has 0 radical (unpaired) electrons. The van der Waals surface area contributed by atoms with Gasteiger partial charge in [-0.05, 0) is 81.2 Å². The van der Waals surface area contributed by atoms with E-state index in [0.717, 1.165) is 30.7 Å². The van der Waals surface area contributed by atoms with Gasteiger partial charge in [-0.3, -0.25) is 4.90 Å². The van der Waals surface area contributed by atoms with Gasteiger partial charge in [0.25, 0.3) is 0 Å². The molecule has 3 aliphatic heterocycles. The van der Waals surface area contributed by atoms with Crippen molar-refractivity contribution in [2.45, 2.75) is 92.8 Å². The Kier molecular flexibility index (Phi) is 3.58. The van der Waals surface area contributed by atoms with Crippen LogP contribution in [0.2, 0.25) is 0 Å². The third kappa shape index (κ3) is 2.23. The molecule has 6 rings (SSSR count). The molecule has 148 valence electrons. The first kappa shape index (κ1) is 17.4. The van der Waals surface area contributed by atoms with E-state index in [1.54, 1.807) is 0 Å². The lowest BCUT2D eigenvalue weighted by Gasteiger charge is -2.60. The molecule has 2 saturated heterocycles. The van der Waals surface area contributed by atoms with Crippen LogP contribution in [0, 0.1) is 17.8 Å². The standard InChI is InChI=1S/C23H33NO2S/c1-15-7-17-8-16(2)11-21(10-15,12-17)27-22-13-18-9-20(25)26-23(18,22)19-5-3-4-6-24(19)14-22/h9,15-17,19H,3-8,10-14H2,1-2H3/t15?,16?,17?,19?,21?,22?,23-/m0/s1. The van der Waals surface area contributed by atoms with E-state index in [9.17, 15) is 4.79 Å². The lowest BCUT2D eigenvalue weighted by Crippen LogP contribution is -2.67. The Morgan fingerprint density at radius 1 is 1.15 bits per heavy atom. The van der Waals surface area contributed by atoms with Crippen molar-refractivity contribution < 1.29 is 9.53 Å². The zero-order valence-corrected chi connectivity index (χ0v) is 17.7. The van der Waals surface area contributed by atoms with Gasteiger partial charge in [-0.2, -0.15) is 0 Å². The Morgan fingerprint density at radius 3 is 2.67 bits per heavy atom. The van der Waals surface area contributed by atoms with Crippen LogP contribution in [0.5, 0.6) is 0 Å². The number of carbonyl (C=O) groups excluding carboxylic acids is 1. The fourth-order valence-electron chi connectivity index (χ4n) is 8.43. The smallest absolute Gasteiger partial charge is 0.331 e. The molecule has 2 bridgehead atoms. The van der Waals surface area contributed by atoms with Gasteiger partial charge in [-0.15, -0.1) is 11.8 Å². The summed E-state index contributed by atoms with van der Waals surface area (Å²) < 4.78 is 6.82. The lowest BCUT2D eigenvalue weighted by atomic mass is 9.63. The van der Waals surface area contributed by atoms with E-state index >= 15 is 0 Å². The summed E-state index contributed by atoms with van der Waals surface area (Å²) in [4.78, 5) is 15.0. The quantitative estimate of drug-likeness (QED) is 0.650. The number of esters is 1. The normalized spacial score (nSPS) is 53.7. The zero-order chi connectivity index (χ0) is 18.4. The second-order valence-corrected chi connectivity index (χ2v) is 12.8. The van der Waals surface area contributed by atoms with Gasteiger partial charge in [-0.25, -0.2) is 4.79 Å². The van der Waals surface area contributed by atoms with Crippen LogP contribution in [0.15, 0.2) is 11.6 Å². The number of carbonyl (C=O) groups is 1. The molecule has 5 atom stereocenters. The lowest BCUT2D eigenvalue weighted by molar-refractivity contribution is -0.154. The van der Waals surface area contributed by atoms with Crippen LogP contribution in [0.4, 0.5) is 0 Å². The summed E-state index contributed by atoms with van der Waals surface area (Å²) in [7, 11) is 0. The minimum Gasteiger partial charge on any atom is -0.448 e. The Labute approximate surface area is 167 Å². The molecule has 0 aromatic rings. The summed E-state index contributed by atoms with van der Waals surface area (Å²) in [6, 6.07) is 0.444. The average Bonchev–Trinajstić information content (AvgIpc) is 2.95. The van der Waals surface area contributed by atoms with Gasteiger partial charge < -0.3 is 4.74 Å². The van der Waals surface area contributed by atoms with Gasteiger partial charge in [0.2, 0.25) is 0 Å². The van der Waals surface area contributed by atoms with E-state index in [0.29, 0.717) is 10.8 Å².